The molecule has 0 aliphatic rings. The molecule has 0 fully saturated rings. The van der Waals surface area contributed by atoms with Crippen LogP contribution in [0.1, 0.15) is 13.8 Å². The van der Waals surface area contributed by atoms with E-state index in [0.29, 0.717) is 20.4 Å². The Kier molecular flexibility index (Phi) is 6.21. The van der Waals surface area contributed by atoms with E-state index in [2.05, 4.69) is 0 Å². The molecule has 0 aliphatic carbocycles. The van der Waals surface area contributed by atoms with Crippen molar-refractivity contribution in [2.75, 3.05) is 0 Å². The van der Waals surface area contributed by atoms with Gasteiger partial charge in [0.25, 0.3) is 0 Å². The minimum absolute atomic E-state index is 0.178. The molecule has 2 rings (SSSR count). The van der Waals surface area contributed by atoms with Gasteiger partial charge in [0.15, 0.2) is 0 Å². The van der Waals surface area contributed by atoms with Gasteiger partial charge in [0.05, 0.1) is 0 Å². The molecule has 0 unspecified atom stereocenters. The second-order valence-corrected chi connectivity index (χ2v) is 15.5. The van der Waals surface area contributed by atoms with Gasteiger partial charge in [0, 0.05) is 0 Å². The molecule has 0 saturated heterocycles. The standard InChI is InChI=1S/2C7H6O2.2C2H5.Sn/c2*8-6-4-2-1-3-5-7(6)9;2*1-2;/h2*1-5H,(H,8,9);2*1H2,2H3;/q;;;;+2/p-2. The summed E-state index contributed by atoms with van der Waals surface area (Å²) in [5.74, 6) is 0.588. The Morgan fingerprint density at radius 3 is 1.48 bits per heavy atom. The predicted molar refractivity (Wildman–Crippen MR) is 93.4 cm³/mol. The van der Waals surface area contributed by atoms with E-state index in [1.807, 2.05) is 13.8 Å². The molecular weight excluding hydrogens is 399 g/mol. The quantitative estimate of drug-likeness (QED) is 0.675. The number of hydrogen-bond donors (Lipinski definition) is 0. The zero-order valence-corrected chi connectivity index (χ0v) is 16.2. The molecule has 2 aromatic carbocycles. The molecule has 0 atom stereocenters. The van der Waals surface area contributed by atoms with Gasteiger partial charge in [-0.15, -0.1) is 0 Å². The fraction of sp³-hybridized carbons (Fsp3) is 0.222. The van der Waals surface area contributed by atoms with E-state index >= 15 is 0 Å². The van der Waals surface area contributed by atoms with Crippen molar-refractivity contribution >= 4 is 19.2 Å². The van der Waals surface area contributed by atoms with E-state index in [-0.39, 0.29) is 10.9 Å². The van der Waals surface area contributed by atoms with Crippen LogP contribution in [0.3, 0.4) is 0 Å². The van der Waals surface area contributed by atoms with Gasteiger partial charge in [-0.1, -0.05) is 0 Å². The molecule has 0 spiro atoms. The molecule has 0 aliphatic heterocycles. The number of rotatable bonds is 6. The third-order valence-electron chi connectivity index (χ3n) is 3.59. The van der Waals surface area contributed by atoms with E-state index in [1.54, 1.807) is 48.5 Å². The van der Waals surface area contributed by atoms with Crippen LogP contribution in [-0.2, 0) is 0 Å². The Balaban J connectivity index is 2.40. The van der Waals surface area contributed by atoms with Gasteiger partial charge in [-0.3, -0.25) is 0 Å². The molecule has 0 heterocycles. The summed E-state index contributed by atoms with van der Waals surface area (Å²) in [7, 11) is 0. The molecule has 0 radical (unpaired) electrons. The minimum atomic E-state index is -3.63. The van der Waals surface area contributed by atoms with Gasteiger partial charge in [-0.05, 0) is 0 Å². The van der Waals surface area contributed by atoms with Crippen LogP contribution >= 0.6 is 0 Å². The molecule has 0 saturated carbocycles. The van der Waals surface area contributed by atoms with Crippen LogP contribution in [0.4, 0.5) is 0 Å². The van der Waals surface area contributed by atoms with Gasteiger partial charge in [0.1, 0.15) is 0 Å². The molecule has 0 bridgehead atoms. The fourth-order valence-corrected chi connectivity index (χ4v) is 8.60. The zero-order valence-electron chi connectivity index (χ0n) is 13.3. The van der Waals surface area contributed by atoms with Crippen LogP contribution in [0.15, 0.2) is 70.3 Å². The van der Waals surface area contributed by atoms with E-state index in [1.165, 1.54) is 12.1 Å². The van der Waals surface area contributed by atoms with Crippen molar-refractivity contribution in [3.8, 4) is 11.5 Å². The second-order valence-electron chi connectivity index (χ2n) is 5.10. The Labute approximate surface area is 140 Å². The first-order chi connectivity index (χ1) is 11.1. The molecule has 4 nitrogen and oxygen atoms in total. The van der Waals surface area contributed by atoms with Crippen molar-refractivity contribution in [3.63, 3.8) is 0 Å². The van der Waals surface area contributed by atoms with Gasteiger partial charge < -0.3 is 0 Å². The molecule has 0 amide bonds. The van der Waals surface area contributed by atoms with Crippen molar-refractivity contribution < 1.29 is 6.15 Å². The predicted octanol–water partition coefficient (Wildman–Crippen LogP) is 3.35. The summed E-state index contributed by atoms with van der Waals surface area (Å²) in [5.41, 5.74) is -0.356. The van der Waals surface area contributed by atoms with Crippen LogP contribution in [0.2, 0.25) is 8.87 Å². The van der Waals surface area contributed by atoms with Crippen LogP contribution < -0.4 is 17.0 Å². The Morgan fingerprint density at radius 1 is 0.696 bits per heavy atom. The summed E-state index contributed by atoms with van der Waals surface area (Å²) in [4.78, 5) is 24.2. The van der Waals surface area contributed by atoms with E-state index in [9.17, 15) is 9.59 Å². The summed E-state index contributed by atoms with van der Waals surface area (Å²) in [5, 5.41) is 0. The molecule has 2 aromatic rings. The second kappa shape index (κ2) is 8.15. The van der Waals surface area contributed by atoms with Gasteiger partial charge in [0.2, 0.25) is 0 Å². The van der Waals surface area contributed by atoms with Crippen LogP contribution in [0.5, 0.6) is 11.5 Å². The SMILES string of the molecule is C[CH2][Sn]([CH2]C)([O]c1cccccc1=O)[O]c1cccccc1=O. The summed E-state index contributed by atoms with van der Waals surface area (Å²) in [6.45, 7) is 3.97. The molecule has 120 valence electrons. The normalized spacial score (nSPS) is 10.9. The van der Waals surface area contributed by atoms with E-state index < -0.39 is 19.2 Å². The molecular formula is C18H20O4Sn. The van der Waals surface area contributed by atoms with Gasteiger partial charge in [-0.2, -0.15) is 0 Å². The summed E-state index contributed by atoms with van der Waals surface area (Å²) in [6.07, 6.45) is 0. The first-order valence-corrected chi connectivity index (χ1v) is 14.0. The molecule has 23 heavy (non-hydrogen) atoms. The van der Waals surface area contributed by atoms with Crippen molar-refractivity contribution in [1.82, 2.24) is 0 Å². The summed E-state index contributed by atoms with van der Waals surface area (Å²) in [6, 6.07) is 16.7. The van der Waals surface area contributed by atoms with E-state index in [0.717, 1.165) is 0 Å². The van der Waals surface area contributed by atoms with Crippen molar-refractivity contribution in [3.05, 3.63) is 81.1 Å². The molecule has 0 N–H and O–H groups in total. The maximum absolute atomic E-state index is 12.1. The topological polar surface area (TPSA) is 52.6 Å². The first-order valence-electron chi connectivity index (χ1n) is 7.67. The Hall–Kier alpha value is -1.82. The third kappa shape index (κ3) is 4.57. The van der Waals surface area contributed by atoms with Gasteiger partial charge in [-0.25, -0.2) is 0 Å². The van der Waals surface area contributed by atoms with Crippen molar-refractivity contribution in [2.24, 2.45) is 0 Å². The monoisotopic (exact) mass is 420 g/mol. The molecule has 5 heteroatoms. The average Bonchev–Trinajstić information content (AvgIpc) is 2.88. The van der Waals surface area contributed by atoms with Crippen molar-refractivity contribution in [2.45, 2.75) is 22.7 Å². The number of hydrogen-bond acceptors (Lipinski definition) is 4. The average molecular weight is 419 g/mol. The fourth-order valence-electron chi connectivity index (χ4n) is 2.16. The molecule has 0 aromatic heterocycles. The Morgan fingerprint density at radius 2 is 1.09 bits per heavy atom. The zero-order chi connectivity index (χ0) is 16.7. The van der Waals surface area contributed by atoms with Crippen LogP contribution in [0.25, 0.3) is 0 Å². The van der Waals surface area contributed by atoms with Gasteiger partial charge >= 0.3 is 141 Å². The summed E-state index contributed by atoms with van der Waals surface area (Å²) < 4.78 is 13.6. The maximum atomic E-state index is 12.1. The summed E-state index contributed by atoms with van der Waals surface area (Å²) >= 11 is -3.63. The van der Waals surface area contributed by atoms with Crippen LogP contribution in [-0.4, -0.2) is 19.2 Å². The van der Waals surface area contributed by atoms with Crippen molar-refractivity contribution in [1.29, 1.82) is 0 Å². The van der Waals surface area contributed by atoms with E-state index in [4.69, 9.17) is 6.15 Å². The first kappa shape index (κ1) is 17.5. The third-order valence-corrected chi connectivity index (χ3v) is 13.1. The Bertz CT molecular complexity index is 709. The van der Waals surface area contributed by atoms with Crippen LogP contribution in [0, 0.1) is 0 Å².